The van der Waals surface area contributed by atoms with Crippen LogP contribution in [0, 0.1) is 5.82 Å². The lowest BCUT2D eigenvalue weighted by molar-refractivity contribution is 0.0782. The molecule has 1 heterocycles. The van der Waals surface area contributed by atoms with E-state index in [0.717, 1.165) is 5.69 Å². The number of nitrogens with zero attached hydrogens (tertiary/aromatic N) is 3. The maximum Gasteiger partial charge on any atom is 0.254 e. The van der Waals surface area contributed by atoms with E-state index in [4.69, 9.17) is 0 Å². The number of carbonyl (C=O) groups excluding carboxylic acids is 1. The van der Waals surface area contributed by atoms with Gasteiger partial charge in [0.05, 0.1) is 12.2 Å². The maximum atomic E-state index is 13.0. The molecule has 2 aromatic rings. The first kappa shape index (κ1) is 12.3. The third kappa shape index (κ3) is 2.74. The summed E-state index contributed by atoms with van der Waals surface area (Å²) in [5.41, 5.74) is 1.14. The summed E-state index contributed by atoms with van der Waals surface area (Å²) < 4.78 is 14.7. The summed E-state index contributed by atoms with van der Waals surface area (Å²) in [6.07, 6.45) is 1.82. The number of hydrogen-bond acceptors (Lipinski definition) is 2. The molecule has 1 aromatic heterocycles. The van der Waals surface area contributed by atoms with Crippen molar-refractivity contribution in [1.82, 2.24) is 14.7 Å². The summed E-state index contributed by atoms with van der Waals surface area (Å²) in [7, 11) is 3.49. The highest BCUT2D eigenvalue weighted by Crippen LogP contribution is 2.08. The van der Waals surface area contributed by atoms with Gasteiger partial charge in [0, 0.05) is 25.9 Å². The number of amides is 1. The van der Waals surface area contributed by atoms with Crippen LogP contribution in [-0.4, -0.2) is 27.6 Å². The van der Waals surface area contributed by atoms with Crippen LogP contribution in [-0.2, 0) is 13.6 Å². The zero-order valence-electron chi connectivity index (χ0n) is 10.3. The van der Waals surface area contributed by atoms with Gasteiger partial charge in [-0.2, -0.15) is 5.10 Å². The molecule has 1 aromatic carbocycles. The maximum absolute atomic E-state index is 13.0. The molecule has 0 fully saturated rings. The third-order valence-corrected chi connectivity index (χ3v) is 2.59. The second kappa shape index (κ2) is 5.00. The fourth-order valence-corrected chi connectivity index (χ4v) is 1.70. The summed E-state index contributed by atoms with van der Waals surface area (Å²) in [4.78, 5) is 13.5. The molecule has 0 aliphatic carbocycles. The van der Waals surface area contributed by atoms with Crippen LogP contribution in [0.15, 0.2) is 36.5 Å². The molecule has 0 bridgehead atoms. The molecule has 94 valence electrons. The van der Waals surface area contributed by atoms with E-state index in [0.29, 0.717) is 12.1 Å². The SMILES string of the molecule is CN(Cc1ccn(C)n1)C(=O)c1cccc(F)c1. The van der Waals surface area contributed by atoms with Gasteiger partial charge >= 0.3 is 0 Å². The highest BCUT2D eigenvalue weighted by molar-refractivity contribution is 5.93. The normalized spacial score (nSPS) is 10.4. The minimum Gasteiger partial charge on any atom is -0.336 e. The molecule has 2 rings (SSSR count). The van der Waals surface area contributed by atoms with Gasteiger partial charge in [0.2, 0.25) is 0 Å². The second-order valence-corrected chi connectivity index (χ2v) is 4.15. The summed E-state index contributed by atoms with van der Waals surface area (Å²) in [5.74, 6) is -0.632. The first-order chi connectivity index (χ1) is 8.56. The molecule has 0 atom stereocenters. The topological polar surface area (TPSA) is 38.1 Å². The Labute approximate surface area is 105 Å². The van der Waals surface area contributed by atoms with Crippen molar-refractivity contribution in [3.8, 4) is 0 Å². The first-order valence-corrected chi connectivity index (χ1v) is 5.56. The van der Waals surface area contributed by atoms with E-state index in [2.05, 4.69) is 5.10 Å². The van der Waals surface area contributed by atoms with E-state index < -0.39 is 5.82 Å². The van der Waals surface area contributed by atoms with Gasteiger partial charge in [-0.15, -0.1) is 0 Å². The van der Waals surface area contributed by atoms with Crippen LogP contribution in [0.4, 0.5) is 4.39 Å². The highest BCUT2D eigenvalue weighted by atomic mass is 19.1. The molecule has 1 amide bonds. The molecule has 0 saturated carbocycles. The van der Waals surface area contributed by atoms with Crippen molar-refractivity contribution in [2.24, 2.45) is 7.05 Å². The number of hydrogen-bond donors (Lipinski definition) is 0. The van der Waals surface area contributed by atoms with E-state index in [1.165, 1.54) is 23.1 Å². The molecule has 4 nitrogen and oxygen atoms in total. The number of halogens is 1. The molecule has 0 saturated heterocycles. The Morgan fingerprint density at radius 3 is 2.83 bits per heavy atom. The molecule has 0 radical (unpaired) electrons. The quantitative estimate of drug-likeness (QED) is 0.830. The summed E-state index contributed by atoms with van der Waals surface area (Å²) in [6, 6.07) is 7.51. The zero-order valence-corrected chi connectivity index (χ0v) is 10.3. The van der Waals surface area contributed by atoms with E-state index in [9.17, 15) is 9.18 Å². The van der Waals surface area contributed by atoms with Crippen molar-refractivity contribution in [2.75, 3.05) is 7.05 Å². The van der Waals surface area contributed by atoms with Crippen LogP contribution in [0.5, 0.6) is 0 Å². The van der Waals surface area contributed by atoms with Crippen LogP contribution in [0.1, 0.15) is 16.1 Å². The number of aromatic nitrogens is 2. The molecule has 5 heteroatoms. The van der Waals surface area contributed by atoms with Gasteiger partial charge in [-0.3, -0.25) is 9.48 Å². The van der Waals surface area contributed by atoms with Crippen LogP contribution >= 0.6 is 0 Å². The number of rotatable bonds is 3. The second-order valence-electron chi connectivity index (χ2n) is 4.15. The van der Waals surface area contributed by atoms with Crippen molar-refractivity contribution >= 4 is 5.91 Å². The minimum absolute atomic E-state index is 0.222. The number of carbonyl (C=O) groups is 1. The van der Waals surface area contributed by atoms with Crippen LogP contribution in [0.2, 0.25) is 0 Å². The van der Waals surface area contributed by atoms with Crippen LogP contribution in [0.25, 0.3) is 0 Å². The average Bonchev–Trinajstić information content (AvgIpc) is 2.73. The zero-order chi connectivity index (χ0) is 13.1. The Hall–Kier alpha value is -2.17. The smallest absolute Gasteiger partial charge is 0.254 e. The van der Waals surface area contributed by atoms with E-state index in [1.54, 1.807) is 17.8 Å². The van der Waals surface area contributed by atoms with Gasteiger partial charge in [0.1, 0.15) is 5.82 Å². The Kier molecular flexibility index (Phi) is 3.41. The Bertz CT molecular complexity index is 565. The lowest BCUT2D eigenvalue weighted by atomic mass is 10.2. The molecule has 0 spiro atoms. The number of aryl methyl sites for hydroxylation is 1. The Balaban J connectivity index is 2.09. The molecule has 0 unspecified atom stereocenters. The van der Waals surface area contributed by atoms with Gasteiger partial charge in [-0.05, 0) is 24.3 Å². The largest absolute Gasteiger partial charge is 0.336 e. The van der Waals surface area contributed by atoms with E-state index in [1.807, 2.05) is 19.3 Å². The molecule has 0 aliphatic heterocycles. The van der Waals surface area contributed by atoms with Gasteiger partial charge in [-0.25, -0.2) is 4.39 Å². The lowest BCUT2D eigenvalue weighted by Gasteiger charge is -2.15. The third-order valence-electron chi connectivity index (χ3n) is 2.59. The number of benzene rings is 1. The molecule has 18 heavy (non-hydrogen) atoms. The average molecular weight is 247 g/mol. The minimum atomic E-state index is -0.410. The Morgan fingerprint density at radius 2 is 2.22 bits per heavy atom. The highest BCUT2D eigenvalue weighted by Gasteiger charge is 2.13. The van der Waals surface area contributed by atoms with E-state index >= 15 is 0 Å². The van der Waals surface area contributed by atoms with Crippen molar-refractivity contribution < 1.29 is 9.18 Å². The first-order valence-electron chi connectivity index (χ1n) is 5.56. The Morgan fingerprint density at radius 1 is 1.44 bits per heavy atom. The van der Waals surface area contributed by atoms with Gasteiger partial charge in [-0.1, -0.05) is 6.07 Å². The van der Waals surface area contributed by atoms with Gasteiger partial charge in [0.15, 0.2) is 0 Å². The molecule has 0 aliphatic rings. The lowest BCUT2D eigenvalue weighted by Crippen LogP contribution is -2.26. The van der Waals surface area contributed by atoms with Crippen LogP contribution in [0.3, 0.4) is 0 Å². The van der Waals surface area contributed by atoms with Gasteiger partial charge in [0.25, 0.3) is 5.91 Å². The molecule has 0 N–H and O–H groups in total. The van der Waals surface area contributed by atoms with E-state index in [-0.39, 0.29) is 5.91 Å². The fourth-order valence-electron chi connectivity index (χ4n) is 1.70. The van der Waals surface area contributed by atoms with Crippen LogP contribution < -0.4 is 0 Å². The predicted molar refractivity (Wildman–Crippen MR) is 65.4 cm³/mol. The predicted octanol–water partition coefficient (Wildman–Crippen LogP) is 1.83. The molecular weight excluding hydrogens is 233 g/mol. The van der Waals surface area contributed by atoms with Crippen molar-refractivity contribution in [3.05, 3.63) is 53.6 Å². The standard InChI is InChI=1S/C13H14FN3O/c1-16(9-12-6-7-17(2)15-12)13(18)10-4-3-5-11(14)8-10/h3-8H,9H2,1-2H3. The van der Waals surface area contributed by atoms with Crippen molar-refractivity contribution in [2.45, 2.75) is 6.54 Å². The monoisotopic (exact) mass is 247 g/mol. The fraction of sp³-hybridized carbons (Fsp3) is 0.231. The summed E-state index contributed by atoms with van der Waals surface area (Å²) in [6.45, 7) is 0.399. The summed E-state index contributed by atoms with van der Waals surface area (Å²) >= 11 is 0. The summed E-state index contributed by atoms with van der Waals surface area (Å²) in [5, 5.41) is 4.19. The van der Waals surface area contributed by atoms with Gasteiger partial charge < -0.3 is 4.90 Å². The van der Waals surface area contributed by atoms with Crippen molar-refractivity contribution in [1.29, 1.82) is 0 Å². The molecular formula is C13H14FN3O. The van der Waals surface area contributed by atoms with Crippen molar-refractivity contribution in [3.63, 3.8) is 0 Å².